The number of aromatic nitrogens is 2. The number of nitrogens with zero attached hydrogens (tertiary/aromatic N) is 4. The van der Waals surface area contributed by atoms with Crippen molar-refractivity contribution in [3.8, 4) is 5.75 Å². The molecule has 9 nitrogen and oxygen atoms in total. The van der Waals surface area contributed by atoms with Crippen LogP contribution in [-0.2, 0) is 10.0 Å². The normalized spacial score (nSPS) is 15.2. The Morgan fingerprint density at radius 3 is 2.15 bits per heavy atom. The van der Waals surface area contributed by atoms with Crippen molar-refractivity contribution in [2.24, 2.45) is 0 Å². The molecule has 33 heavy (non-hydrogen) atoms. The summed E-state index contributed by atoms with van der Waals surface area (Å²) in [4.78, 5) is 27.9. The first kappa shape index (κ1) is 22.9. The molecule has 0 spiro atoms. The molecule has 1 aliphatic heterocycles. The van der Waals surface area contributed by atoms with Crippen LogP contribution in [-0.4, -0.2) is 66.6 Å². The van der Waals surface area contributed by atoms with Crippen LogP contribution in [0.4, 0.5) is 0 Å². The molecule has 10 heteroatoms. The topological polar surface area (TPSA) is 102 Å². The molecule has 174 valence electrons. The Kier molecular flexibility index (Phi) is 6.22. The van der Waals surface area contributed by atoms with E-state index in [-0.39, 0.29) is 54.3 Å². The molecule has 0 atom stereocenters. The van der Waals surface area contributed by atoms with E-state index in [2.05, 4.69) is 5.10 Å². The zero-order valence-corrected chi connectivity index (χ0v) is 19.6. The molecule has 4 rings (SSSR count). The van der Waals surface area contributed by atoms with E-state index in [1.807, 2.05) is 13.8 Å². The van der Waals surface area contributed by atoms with Crippen molar-refractivity contribution in [1.29, 1.82) is 0 Å². The van der Waals surface area contributed by atoms with Crippen molar-refractivity contribution in [2.45, 2.75) is 24.8 Å². The largest absolute Gasteiger partial charge is 0.497 e. The van der Waals surface area contributed by atoms with Crippen LogP contribution in [0.2, 0.25) is 0 Å². The van der Waals surface area contributed by atoms with Crippen molar-refractivity contribution in [2.75, 3.05) is 33.3 Å². The number of carbonyl (C=O) groups is 1. The van der Waals surface area contributed by atoms with Gasteiger partial charge in [-0.3, -0.25) is 9.59 Å². The molecule has 0 saturated carbocycles. The van der Waals surface area contributed by atoms with E-state index in [0.29, 0.717) is 16.5 Å². The second kappa shape index (κ2) is 8.95. The first-order valence-corrected chi connectivity index (χ1v) is 12.1. The summed E-state index contributed by atoms with van der Waals surface area (Å²) in [5.41, 5.74) is -0.0436. The van der Waals surface area contributed by atoms with Gasteiger partial charge in [0.05, 0.1) is 23.4 Å². The Labute approximate surface area is 192 Å². The van der Waals surface area contributed by atoms with E-state index in [9.17, 15) is 18.0 Å². The van der Waals surface area contributed by atoms with Gasteiger partial charge in [0, 0.05) is 31.6 Å². The molecule has 0 N–H and O–H groups in total. The molecule has 0 aliphatic carbocycles. The van der Waals surface area contributed by atoms with Crippen LogP contribution in [0, 0.1) is 0 Å². The summed E-state index contributed by atoms with van der Waals surface area (Å²) in [7, 11) is -2.16. The smallest absolute Gasteiger partial charge is 0.275 e. The van der Waals surface area contributed by atoms with Crippen molar-refractivity contribution < 1.29 is 17.9 Å². The second-order valence-electron chi connectivity index (χ2n) is 8.11. The number of fused-ring (bicyclic) bond motifs is 1. The van der Waals surface area contributed by atoms with Crippen LogP contribution in [0.5, 0.6) is 5.75 Å². The minimum Gasteiger partial charge on any atom is -0.497 e. The summed E-state index contributed by atoms with van der Waals surface area (Å²) in [6.45, 7) is 4.46. The van der Waals surface area contributed by atoms with Gasteiger partial charge in [0.1, 0.15) is 5.75 Å². The molecule has 0 unspecified atom stereocenters. The third kappa shape index (κ3) is 4.23. The number of hydrogen-bond donors (Lipinski definition) is 0. The quantitative estimate of drug-likeness (QED) is 0.566. The number of amides is 1. The Bertz CT molecular complexity index is 1340. The van der Waals surface area contributed by atoms with Crippen LogP contribution < -0.4 is 10.3 Å². The number of hydrogen-bond acceptors (Lipinski definition) is 6. The highest BCUT2D eigenvalue weighted by molar-refractivity contribution is 7.89. The number of piperazine rings is 1. The van der Waals surface area contributed by atoms with Crippen molar-refractivity contribution >= 4 is 26.7 Å². The maximum Gasteiger partial charge on any atom is 0.275 e. The molecule has 0 bridgehead atoms. The van der Waals surface area contributed by atoms with E-state index >= 15 is 0 Å². The maximum absolute atomic E-state index is 13.4. The number of rotatable bonds is 5. The zero-order chi connectivity index (χ0) is 23.8. The van der Waals surface area contributed by atoms with E-state index in [1.165, 1.54) is 28.2 Å². The standard InChI is InChI=1S/C23H26N4O5S/c1-16(2)27-22(28)20-7-5-4-6-19(20)21(24-27)23(29)25-12-14-26(15-13-25)33(30,31)18-10-8-17(32-3)9-11-18/h4-11,16H,12-15H2,1-3H3. The minimum atomic E-state index is -3.68. The third-order valence-electron chi connectivity index (χ3n) is 5.74. The summed E-state index contributed by atoms with van der Waals surface area (Å²) < 4.78 is 33.8. The highest BCUT2D eigenvalue weighted by atomic mass is 32.2. The molecule has 1 saturated heterocycles. The summed E-state index contributed by atoms with van der Waals surface area (Å²) in [6.07, 6.45) is 0. The van der Waals surface area contributed by atoms with Gasteiger partial charge in [-0.05, 0) is 44.2 Å². The summed E-state index contributed by atoms with van der Waals surface area (Å²) in [5.74, 6) is 0.258. The summed E-state index contributed by atoms with van der Waals surface area (Å²) >= 11 is 0. The highest BCUT2D eigenvalue weighted by Crippen LogP contribution is 2.22. The van der Waals surface area contributed by atoms with Crippen LogP contribution >= 0.6 is 0 Å². The first-order valence-electron chi connectivity index (χ1n) is 10.7. The first-order chi connectivity index (χ1) is 15.7. The van der Waals surface area contributed by atoms with E-state index in [4.69, 9.17) is 4.74 Å². The average Bonchev–Trinajstić information content (AvgIpc) is 2.84. The molecule has 1 aromatic heterocycles. The molecule has 0 radical (unpaired) electrons. The fourth-order valence-electron chi connectivity index (χ4n) is 3.89. The van der Waals surface area contributed by atoms with Gasteiger partial charge >= 0.3 is 0 Å². The summed E-state index contributed by atoms with van der Waals surface area (Å²) in [6, 6.07) is 12.9. The third-order valence-corrected chi connectivity index (χ3v) is 7.66. The lowest BCUT2D eigenvalue weighted by molar-refractivity contribution is 0.0691. The second-order valence-corrected chi connectivity index (χ2v) is 10.0. The van der Waals surface area contributed by atoms with Gasteiger partial charge in [-0.15, -0.1) is 0 Å². The number of carbonyl (C=O) groups excluding carboxylic acids is 1. The average molecular weight is 471 g/mol. The van der Waals surface area contributed by atoms with Gasteiger partial charge in [0.15, 0.2) is 5.69 Å². The lowest BCUT2D eigenvalue weighted by atomic mass is 10.1. The molecule has 1 aliphatic rings. The fourth-order valence-corrected chi connectivity index (χ4v) is 5.31. The van der Waals surface area contributed by atoms with Crippen molar-refractivity contribution in [3.63, 3.8) is 0 Å². The molecule has 3 aromatic rings. The SMILES string of the molecule is COc1ccc(S(=O)(=O)N2CCN(C(=O)c3nn(C(C)C)c(=O)c4ccccc34)CC2)cc1. The highest BCUT2D eigenvalue weighted by Gasteiger charge is 2.32. The Morgan fingerprint density at radius 2 is 1.58 bits per heavy atom. The Balaban J connectivity index is 1.57. The molecule has 1 amide bonds. The Hall–Kier alpha value is -3.24. The van der Waals surface area contributed by atoms with Gasteiger partial charge in [-0.2, -0.15) is 9.40 Å². The van der Waals surface area contributed by atoms with Crippen LogP contribution in [0.1, 0.15) is 30.4 Å². The minimum absolute atomic E-state index is 0.169. The number of methoxy groups -OCH3 is 1. The van der Waals surface area contributed by atoms with Gasteiger partial charge in [-0.1, -0.05) is 18.2 Å². The fraction of sp³-hybridized carbons (Fsp3) is 0.348. The number of benzene rings is 2. The van der Waals surface area contributed by atoms with Gasteiger partial charge in [-0.25, -0.2) is 13.1 Å². The maximum atomic E-state index is 13.4. The molecular formula is C23H26N4O5S. The van der Waals surface area contributed by atoms with Crippen LogP contribution in [0.3, 0.4) is 0 Å². The number of ether oxygens (including phenoxy) is 1. The molecule has 2 heterocycles. The molecular weight excluding hydrogens is 444 g/mol. The van der Waals surface area contributed by atoms with Gasteiger partial charge in [0.25, 0.3) is 11.5 Å². The van der Waals surface area contributed by atoms with Crippen LogP contribution in [0.25, 0.3) is 10.8 Å². The summed E-state index contributed by atoms with van der Waals surface area (Å²) in [5, 5.41) is 5.31. The predicted molar refractivity (Wildman–Crippen MR) is 124 cm³/mol. The lowest BCUT2D eigenvalue weighted by Gasteiger charge is -2.34. The molecule has 1 fully saturated rings. The van der Waals surface area contributed by atoms with Gasteiger partial charge < -0.3 is 9.64 Å². The van der Waals surface area contributed by atoms with E-state index < -0.39 is 10.0 Å². The van der Waals surface area contributed by atoms with Gasteiger partial charge in [0.2, 0.25) is 10.0 Å². The molecule has 2 aromatic carbocycles. The van der Waals surface area contributed by atoms with Crippen LogP contribution in [0.15, 0.2) is 58.2 Å². The van der Waals surface area contributed by atoms with Crippen molar-refractivity contribution in [3.05, 3.63) is 64.6 Å². The Morgan fingerprint density at radius 1 is 0.970 bits per heavy atom. The number of sulfonamides is 1. The lowest BCUT2D eigenvalue weighted by Crippen LogP contribution is -2.50. The predicted octanol–water partition coefficient (Wildman–Crippen LogP) is 2.13. The zero-order valence-electron chi connectivity index (χ0n) is 18.8. The van der Waals surface area contributed by atoms with E-state index in [1.54, 1.807) is 41.3 Å². The van der Waals surface area contributed by atoms with Crippen molar-refractivity contribution in [1.82, 2.24) is 19.0 Å². The monoisotopic (exact) mass is 470 g/mol. The van der Waals surface area contributed by atoms with E-state index in [0.717, 1.165) is 0 Å².